The maximum atomic E-state index is 12.0. The molecule has 0 saturated carbocycles. The number of carbonyl (C=O) groups is 1. The Balaban J connectivity index is 2.03. The molecular weight excluding hydrogens is 286 g/mol. The average Bonchev–Trinajstić information content (AvgIpc) is 2.47. The van der Waals surface area contributed by atoms with Gasteiger partial charge in [-0.25, -0.2) is 4.79 Å². The van der Waals surface area contributed by atoms with E-state index in [2.05, 4.69) is 17.2 Å². The molecule has 3 N–H and O–H groups in total. The van der Waals surface area contributed by atoms with Gasteiger partial charge >= 0.3 is 5.69 Å². The summed E-state index contributed by atoms with van der Waals surface area (Å²) in [5, 5.41) is 2.46. The van der Waals surface area contributed by atoms with Crippen molar-refractivity contribution in [1.29, 1.82) is 0 Å². The molecular formula is C15H17N3O4. The Morgan fingerprint density at radius 3 is 2.55 bits per heavy atom. The van der Waals surface area contributed by atoms with E-state index in [1.54, 1.807) is 24.3 Å². The summed E-state index contributed by atoms with van der Waals surface area (Å²) in [6.45, 7) is 2.71. The van der Waals surface area contributed by atoms with Gasteiger partial charge in [0.2, 0.25) is 0 Å². The van der Waals surface area contributed by atoms with Gasteiger partial charge in [0, 0.05) is 11.6 Å². The van der Waals surface area contributed by atoms with Gasteiger partial charge < -0.3 is 10.1 Å². The van der Waals surface area contributed by atoms with Gasteiger partial charge in [-0.15, -0.1) is 0 Å². The Morgan fingerprint density at radius 2 is 1.91 bits per heavy atom. The van der Waals surface area contributed by atoms with Gasteiger partial charge in [-0.1, -0.05) is 13.3 Å². The third-order valence-corrected chi connectivity index (χ3v) is 2.89. The summed E-state index contributed by atoms with van der Waals surface area (Å²) >= 11 is 0. The first-order valence-corrected chi connectivity index (χ1v) is 6.96. The average molecular weight is 303 g/mol. The van der Waals surface area contributed by atoms with Gasteiger partial charge in [0.25, 0.3) is 11.5 Å². The first kappa shape index (κ1) is 15.6. The molecule has 2 rings (SSSR count). The summed E-state index contributed by atoms with van der Waals surface area (Å²) in [7, 11) is 0. The van der Waals surface area contributed by atoms with Gasteiger partial charge in [-0.05, 0) is 30.7 Å². The van der Waals surface area contributed by atoms with Crippen molar-refractivity contribution < 1.29 is 9.53 Å². The van der Waals surface area contributed by atoms with Crippen LogP contribution < -0.4 is 21.3 Å². The lowest BCUT2D eigenvalue weighted by molar-refractivity contribution is 0.102. The van der Waals surface area contributed by atoms with E-state index < -0.39 is 17.2 Å². The third kappa shape index (κ3) is 4.34. The maximum absolute atomic E-state index is 12.0. The van der Waals surface area contributed by atoms with Crippen molar-refractivity contribution in [3.63, 3.8) is 0 Å². The number of unbranched alkanes of at least 4 members (excludes halogenated alkanes) is 1. The number of rotatable bonds is 6. The number of ether oxygens (including phenoxy) is 1. The number of aromatic nitrogens is 2. The number of amides is 1. The van der Waals surface area contributed by atoms with E-state index in [0.29, 0.717) is 17.9 Å². The molecule has 1 aromatic carbocycles. The van der Waals surface area contributed by atoms with Crippen molar-refractivity contribution in [1.82, 2.24) is 9.97 Å². The quantitative estimate of drug-likeness (QED) is 0.703. The highest BCUT2D eigenvalue weighted by Gasteiger charge is 2.07. The fourth-order valence-corrected chi connectivity index (χ4v) is 1.77. The van der Waals surface area contributed by atoms with Crippen LogP contribution in [-0.4, -0.2) is 22.5 Å². The highest BCUT2D eigenvalue weighted by Crippen LogP contribution is 2.13. The largest absolute Gasteiger partial charge is 0.494 e. The summed E-state index contributed by atoms with van der Waals surface area (Å²) in [5.41, 5.74) is -0.870. The molecule has 0 aliphatic rings. The molecule has 0 radical (unpaired) electrons. The number of anilines is 1. The predicted molar refractivity (Wildman–Crippen MR) is 82.5 cm³/mol. The normalized spacial score (nSPS) is 10.2. The molecule has 1 aromatic heterocycles. The highest BCUT2D eigenvalue weighted by molar-refractivity contribution is 6.03. The van der Waals surface area contributed by atoms with Crippen LogP contribution in [0.5, 0.6) is 5.75 Å². The van der Waals surface area contributed by atoms with Crippen molar-refractivity contribution in [2.24, 2.45) is 0 Å². The van der Waals surface area contributed by atoms with Crippen LogP contribution in [0.1, 0.15) is 30.1 Å². The monoisotopic (exact) mass is 303 g/mol. The fourth-order valence-electron chi connectivity index (χ4n) is 1.77. The van der Waals surface area contributed by atoms with Gasteiger partial charge in [0.05, 0.1) is 6.61 Å². The van der Waals surface area contributed by atoms with Crippen LogP contribution >= 0.6 is 0 Å². The molecule has 0 saturated heterocycles. The standard InChI is InChI=1S/C15H17N3O4/c1-2-3-8-22-11-6-4-10(5-7-11)14(20)16-12-9-13(19)18-15(21)17-12/h4-7,9H,2-3,8H2,1H3,(H3,16,17,18,19,20,21). The minimum Gasteiger partial charge on any atom is -0.494 e. The Labute approximate surface area is 126 Å². The number of carbonyl (C=O) groups excluding carboxylic acids is 1. The van der Waals surface area contributed by atoms with E-state index in [-0.39, 0.29) is 5.82 Å². The number of aromatic amines is 2. The fraction of sp³-hybridized carbons (Fsp3) is 0.267. The summed E-state index contributed by atoms with van der Waals surface area (Å²) in [5.74, 6) is 0.304. The van der Waals surface area contributed by atoms with E-state index in [1.807, 2.05) is 4.98 Å². The number of benzene rings is 1. The van der Waals surface area contributed by atoms with Crippen molar-refractivity contribution in [2.45, 2.75) is 19.8 Å². The lowest BCUT2D eigenvalue weighted by atomic mass is 10.2. The van der Waals surface area contributed by atoms with Crippen molar-refractivity contribution >= 4 is 11.7 Å². The van der Waals surface area contributed by atoms with Crippen LogP contribution in [0, 0.1) is 0 Å². The van der Waals surface area contributed by atoms with E-state index >= 15 is 0 Å². The zero-order valence-corrected chi connectivity index (χ0v) is 12.1. The second-order valence-corrected chi connectivity index (χ2v) is 4.68. The van der Waals surface area contributed by atoms with Crippen LogP contribution in [0.3, 0.4) is 0 Å². The molecule has 7 nitrogen and oxygen atoms in total. The minimum atomic E-state index is -0.678. The van der Waals surface area contributed by atoms with E-state index in [4.69, 9.17) is 4.74 Å². The molecule has 0 fully saturated rings. The molecule has 0 atom stereocenters. The highest BCUT2D eigenvalue weighted by atomic mass is 16.5. The molecule has 0 unspecified atom stereocenters. The zero-order valence-electron chi connectivity index (χ0n) is 12.1. The molecule has 7 heteroatoms. The number of nitrogens with one attached hydrogen (secondary N) is 3. The molecule has 0 aliphatic carbocycles. The van der Waals surface area contributed by atoms with Gasteiger partial charge in [-0.3, -0.25) is 19.6 Å². The summed E-state index contributed by atoms with van der Waals surface area (Å²) in [4.78, 5) is 38.6. The first-order chi connectivity index (χ1) is 10.6. The molecule has 1 heterocycles. The van der Waals surface area contributed by atoms with Crippen LogP contribution in [0.25, 0.3) is 0 Å². The Hall–Kier alpha value is -2.83. The van der Waals surface area contributed by atoms with Crippen LogP contribution in [0.15, 0.2) is 39.9 Å². The second-order valence-electron chi connectivity index (χ2n) is 4.68. The number of hydrogen-bond donors (Lipinski definition) is 3. The summed E-state index contributed by atoms with van der Waals surface area (Å²) in [6.07, 6.45) is 2.02. The van der Waals surface area contributed by atoms with Crippen LogP contribution in [0.4, 0.5) is 5.82 Å². The molecule has 1 amide bonds. The molecule has 0 bridgehead atoms. The van der Waals surface area contributed by atoms with Crippen molar-refractivity contribution in [3.8, 4) is 5.75 Å². The van der Waals surface area contributed by atoms with E-state index in [1.165, 1.54) is 0 Å². The summed E-state index contributed by atoms with van der Waals surface area (Å²) in [6, 6.07) is 7.72. The van der Waals surface area contributed by atoms with Crippen LogP contribution in [0.2, 0.25) is 0 Å². The van der Waals surface area contributed by atoms with Crippen molar-refractivity contribution in [3.05, 3.63) is 56.7 Å². The van der Waals surface area contributed by atoms with Gasteiger partial charge in [-0.2, -0.15) is 0 Å². The lowest BCUT2D eigenvalue weighted by Gasteiger charge is -2.07. The van der Waals surface area contributed by atoms with Crippen LogP contribution in [-0.2, 0) is 0 Å². The Morgan fingerprint density at radius 1 is 1.18 bits per heavy atom. The lowest BCUT2D eigenvalue weighted by Crippen LogP contribution is -2.24. The molecule has 2 aromatic rings. The molecule has 22 heavy (non-hydrogen) atoms. The molecule has 0 spiro atoms. The second kappa shape index (κ2) is 7.26. The van der Waals surface area contributed by atoms with E-state index in [0.717, 1.165) is 18.9 Å². The van der Waals surface area contributed by atoms with Crippen molar-refractivity contribution in [2.75, 3.05) is 11.9 Å². The Kier molecular flexibility index (Phi) is 5.13. The molecule has 0 aliphatic heterocycles. The zero-order chi connectivity index (χ0) is 15.9. The minimum absolute atomic E-state index is 0.0435. The Bertz CT molecular complexity index is 718. The van der Waals surface area contributed by atoms with E-state index in [9.17, 15) is 14.4 Å². The third-order valence-electron chi connectivity index (χ3n) is 2.89. The van der Waals surface area contributed by atoms with Gasteiger partial charge in [0.15, 0.2) is 0 Å². The number of H-pyrrole nitrogens is 2. The smallest absolute Gasteiger partial charge is 0.327 e. The number of hydrogen-bond acceptors (Lipinski definition) is 4. The topological polar surface area (TPSA) is 104 Å². The van der Waals surface area contributed by atoms with Gasteiger partial charge in [0.1, 0.15) is 11.6 Å². The predicted octanol–water partition coefficient (Wildman–Crippen LogP) is 1.49. The maximum Gasteiger partial charge on any atom is 0.327 e. The molecule has 116 valence electrons. The SMILES string of the molecule is CCCCOc1ccc(C(=O)Nc2cc(=O)[nH]c(=O)[nH]2)cc1. The first-order valence-electron chi connectivity index (χ1n) is 6.96. The summed E-state index contributed by atoms with van der Waals surface area (Å²) < 4.78 is 5.51.